The van der Waals surface area contributed by atoms with E-state index in [1.807, 2.05) is 0 Å². The predicted molar refractivity (Wildman–Crippen MR) is 98.9 cm³/mol. The second kappa shape index (κ2) is 9.43. The molecule has 0 aromatic heterocycles. The van der Waals surface area contributed by atoms with Gasteiger partial charge < -0.3 is 25.3 Å². The molecule has 12 nitrogen and oxygen atoms in total. The summed E-state index contributed by atoms with van der Waals surface area (Å²) in [4.78, 5) is 50.1. The van der Waals surface area contributed by atoms with Crippen molar-refractivity contribution in [2.24, 2.45) is 0 Å². The second-order valence-corrected chi connectivity index (χ2v) is 7.23. The lowest BCUT2D eigenvalue weighted by Gasteiger charge is -2.34. The van der Waals surface area contributed by atoms with Crippen LogP contribution in [0, 0.1) is 0 Å². The molecular formula is C17H27N4O8+. The lowest BCUT2D eigenvalue weighted by molar-refractivity contribution is -0.485. The third-order valence-corrected chi connectivity index (χ3v) is 5.40. The van der Waals surface area contributed by atoms with E-state index in [2.05, 4.69) is 0 Å². The molecule has 12 heteroatoms. The number of carboxylic acid groups (broad SMARTS) is 4. The number of amides is 4. The minimum atomic E-state index is -1.28. The van der Waals surface area contributed by atoms with Crippen molar-refractivity contribution < 1.29 is 44.2 Å². The van der Waals surface area contributed by atoms with Gasteiger partial charge in [0.2, 0.25) is 0 Å². The molecule has 2 rings (SSSR count). The van der Waals surface area contributed by atoms with Crippen LogP contribution in [0.5, 0.6) is 0 Å². The summed E-state index contributed by atoms with van der Waals surface area (Å²) in [5.74, 6) is 0. The van der Waals surface area contributed by atoms with Crippen LogP contribution in [0.15, 0.2) is 0 Å². The molecule has 0 saturated heterocycles. The van der Waals surface area contributed by atoms with Crippen molar-refractivity contribution in [2.45, 2.75) is 44.7 Å². The van der Waals surface area contributed by atoms with E-state index >= 15 is 0 Å². The van der Waals surface area contributed by atoms with Gasteiger partial charge >= 0.3 is 24.4 Å². The molecule has 1 aliphatic carbocycles. The average Bonchev–Trinajstić information content (AvgIpc) is 2.62. The van der Waals surface area contributed by atoms with Crippen LogP contribution >= 0.6 is 0 Å². The van der Waals surface area contributed by atoms with Gasteiger partial charge in [-0.25, -0.2) is 14.4 Å². The number of nitrogens with zero attached hydrogens (tertiary/aromatic N) is 4. The Hall–Kier alpha value is -3.05. The van der Waals surface area contributed by atoms with E-state index in [4.69, 9.17) is 0 Å². The lowest BCUT2D eigenvalue weighted by Crippen LogP contribution is -2.55. The molecule has 0 spiro atoms. The second-order valence-electron chi connectivity index (χ2n) is 7.23. The van der Waals surface area contributed by atoms with E-state index in [1.165, 1.54) is 0 Å². The van der Waals surface area contributed by atoms with E-state index in [1.54, 1.807) is 6.92 Å². The molecule has 0 bridgehead atoms. The first kappa shape index (κ1) is 22.2. The van der Waals surface area contributed by atoms with Crippen molar-refractivity contribution in [1.82, 2.24) is 14.7 Å². The van der Waals surface area contributed by atoms with Crippen molar-refractivity contribution in [1.29, 1.82) is 0 Å². The molecule has 2 aliphatic rings. The van der Waals surface area contributed by atoms with Crippen molar-refractivity contribution in [3.05, 3.63) is 0 Å². The summed E-state index contributed by atoms with van der Waals surface area (Å²) in [5.41, 5.74) is 0.409. The van der Waals surface area contributed by atoms with Crippen LogP contribution in [-0.2, 0) is 0 Å². The minimum Gasteiger partial charge on any atom is -0.465 e. The van der Waals surface area contributed by atoms with Gasteiger partial charge in [0.05, 0.1) is 6.54 Å². The van der Waals surface area contributed by atoms with Crippen LogP contribution in [0.3, 0.4) is 0 Å². The predicted octanol–water partition coefficient (Wildman–Crippen LogP) is 1.40. The highest BCUT2D eigenvalue weighted by Crippen LogP contribution is 2.23. The Morgan fingerprint density at radius 2 is 1.45 bits per heavy atom. The summed E-state index contributed by atoms with van der Waals surface area (Å²) in [6, 6.07) is -1.46. The van der Waals surface area contributed by atoms with E-state index in [0.717, 1.165) is 19.3 Å². The van der Waals surface area contributed by atoms with E-state index in [-0.39, 0.29) is 32.7 Å². The summed E-state index contributed by atoms with van der Waals surface area (Å²) >= 11 is 0. The number of hydrogen-bond donors (Lipinski definition) is 4. The number of hydrogen-bond acceptors (Lipinski definition) is 4. The van der Waals surface area contributed by atoms with Crippen LogP contribution in [0.4, 0.5) is 19.2 Å². The van der Waals surface area contributed by atoms with Crippen molar-refractivity contribution in [3.8, 4) is 0 Å². The number of fused-ring (bicyclic) bond motifs is 1. The lowest BCUT2D eigenvalue weighted by atomic mass is 9.91. The van der Waals surface area contributed by atoms with Crippen LogP contribution in [-0.4, -0.2) is 115 Å². The third-order valence-electron chi connectivity index (χ3n) is 5.40. The highest BCUT2D eigenvalue weighted by molar-refractivity contribution is 5.91. The maximum atomic E-state index is 12.0. The normalized spacial score (nSPS) is 24.2. The Balaban J connectivity index is 2.54. The third kappa shape index (κ3) is 5.27. The maximum absolute atomic E-state index is 12.0. The zero-order chi connectivity index (χ0) is 21.7. The van der Waals surface area contributed by atoms with Gasteiger partial charge in [-0.05, 0) is 19.8 Å². The van der Waals surface area contributed by atoms with Crippen molar-refractivity contribution in [3.63, 3.8) is 0 Å². The highest BCUT2D eigenvalue weighted by Gasteiger charge is 2.41. The molecular weight excluding hydrogens is 388 g/mol. The fourth-order valence-corrected chi connectivity index (χ4v) is 4.01. The summed E-state index contributed by atoms with van der Waals surface area (Å²) in [6.07, 6.45) is -2.85. The maximum Gasteiger partial charge on any atom is 0.594 e. The Morgan fingerprint density at radius 3 is 2.00 bits per heavy atom. The standard InChI is InChI=1S/C17H26N4O8/c1-11-10-19(15(24)25)7-6-18(14(22)23)8-9-20(16(26)27)12-4-2-3-5-13(12)21(11)17(28)29/h11-12H,2-10H2,1H3,(H3-,22,23,24,25,26,27,28,29)/p+1. The first-order chi connectivity index (χ1) is 13.6. The first-order valence-corrected chi connectivity index (χ1v) is 9.46. The monoisotopic (exact) mass is 415 g/mol. The van der Waals surface area contributed by atoms with E-state index in [9.17, 15) is 39.6 Å². The molecule has 0 aromatic rings. The van der Waals surface area contributed by atoms with Gasteiger partial charge in [0, 0.05) is 32.6 Å². The molecule has 29 heavy (non-hydrogen) atoms. The van der Waals surface area contributed by atoms with Gasteiger partial charge in [-0.3, -0.25) is 9.80 Å². The van der Waals surface area contributed by atoms with Gasteiger partial charge in [0.1, 0.15) is 6.04 Å². The molecule has 2 atom stereocenters. The minimum absolute atomic E-state index is 0.134. The fourth-order valence-electron chi connectivity index (χ4n) is 4.01. The summed E-state index contributed by atoms with van der Waals surface area (Å²) in [5, 5.41) is 38.4. The molecule has 1 saturated carbocycles. The van der Waals surface area contributed by atoms with Gasteiger partial charge in [-0.15, -0.1) is 4.58 Å². The molecule has 162 valence electrons. The summed E-state index contributed by atoms with van der Waals surface area (Å²) in [7, 11) is 0. The van der Waals surface area contributed by atoms with Crippen molar-refractivity contribution >= 4 is 30.1 Å². The topological polar surface area (TPSA) is 162 Å². The van der Waals surface area contributed by atoms with Gasteiger partial charge in [0.15, 0.2) is 11.8 Å². The van der Waals surface area contributed by atoms with E-state index < -0.39 is 36.5 Å². The van der Waals surface area contributed by atoms with Gasteiger partial charge in [-0.1, -0.05) is 6.42 Å². The number of rotatable bonds is 0. The smallest absolute Gasteiger partial charge is 0.465 e. The van der Waals surface area contributed by atoms with Gasteiger partial charge in [0.25, 0.3) is 0 Å². The summed E-state index contributed by atoms with van der Waals surface area (Å²) < 4.78 is 1.09. The quantitative estimate of drug-likeness (QED) is 0.432. The molecule has 0 aromatic carbocycles. The molecule has 4 amide bonds. The van der Waals surface area contributed by atoms with Crippen molar-refractivity contribution in [2.75, 3.05) is 32.7 Å². The van der Waals surface area contributed by atoms with Crippen LogP contribution < -0.4 is 0 Å². The molecule has 4 N–H and O–H groups in total. The molecule has 2 unspecified atom stereocenters. The zero-order valence-corrected chi connectivity index (χ0v) is 16.2. The largest absolute Gasteiger partial charge is 0.594 e. The fraction of sp³-hybridized carbons (Fsp3) is 0.706. The van der Waals surface area contributed by atoms with Gasteiger partial charge in [-0.2, -0.15) is 4.79 Å². The van der Waals surface area contributed by atoms with Crippen LogP contribution in [0.25, 0.3) is 0 Å². The Bertz CT molecular complexity index is 710. The average molecular weight is 415 g/mol. The first-order valence-electron chi connectivity index (χ1n) is 9.46. The highest BCUT2D eigenvalue weighted by atomic mass is 16.4. The zero-order valence-electron chi connectivity index (χ0n) is 16.2. The number of carbonyl (C=O) groups is 4. The van der Waals surface area contributed by atoms with Crippen LogP contribution in [0.2, 0.25) is 0 Å². The molecule has 1 heterocycles. The Morgan fingerprint density at radius 1 is 0.862 bits per heavy atom. The molecule has 0 radical (unpaired) electrons. The van der Waals surface area contributed by atoms with E-state index in [0.29, 0.717) is 31.4 Å². The summed E-state index contributed by atoms with van der Waals surface area (Å²) in [6.45, 7) is 0.848. The Kier molecular flexibility index (Phi) is 7.23. The molecule has 1 fully saturated rings. The Labute approximate surface area is 167 Å². The van der Waals surface area contributed by atoms with Crippen LogP contribution in [0.1, 0.15) is 32.6 Å². The SMILES string of the molecule is CC1CN(C(=O)O)CCN(C(=O)O)CCN(C(=O)O)C2CCCCC2=[N+]1C(=O)O. The molecule has 1 aliphatic heterocycles.